The highest BCUT2D eigenvalue weighted by molar-refractivity contribution is 6.31. The van der Waals surface area contributed by atoms with Crippen molar-refractivity contribution >= 4 is 17.5 Å². The summed E-state index contributed by atoms with van der Waals surface area (Å²) in [6, 6.07) is 12.4. The Bertz CT molecular complexity index is 612. The molecule has 2 rings (SSSR count). The summed E-state index contributed by atoms with van der Waals surface area (Å²) < 4.78 is 5.68. The van der Waals surface area contributed by atoms with Gasteiger partial charge in [-0.2, -0.15) is 0 Å². The van der Waals surface area contributed by atoms with Gasteiger partial charge in [-0.1, -0.05) is 23.7 Å². The number of nitrogens with one attached hydrogen (secondary N) is 1. The van der Waals surface area contributed by atoms with E-state index in [2.05, 4.69) is 5.32 Å². The molecule has 104 valence electrons. The lowest BCUT2D eigenvalue weighted by Crippen LogP contribution is -2.12. The molecule has 2 aromatic rings. The van der Waals surface area contributed by atoms with Gasteiger partial charge in [-0.05, 0) is 42.9 Å². The number of primary amides is 1. The van der Waals surface area contributed by atoms with Gasteiger partial charge in [0.15, 0.2) is 0 Å². The summed E-state index contributed by atoms with van der Waals surface area (Å²) in [5, 5.41) is 3.51. The van der Waals surface area contributed by atoms with E-state index >= 15 is 0 Å². The highest BCUT2D eigenvalue weighted by Gasteiger charge is 2.11. The van der Waals surface area contributed by atoms with Crippen LogP contribution in [0.5, 0.6) is 11.5 Å². The van der Waals surface area contributed by atoms with Crippen molar-refractivity contribution in [2.24, 2.45) is 5.73 Å². The highest BCUT2D eigenvalue weighted by Crippen LogP contribution is 2.27. The lowest BCUT2D eigenvalue weighted by Gasteiger charge is -2.10. The molecule has 4 nitrogen and oxygen atoms in total. The lowest BCUT2D eigenvalue weighted by atomic mass is 10.2. The molecular formula is C15H15ClN2O2. The maximum absolute atomic E-state index is 11.4. The maximum atomic E-state index is 11.4. The van der Waals surface area contributed by atoms with Gasteiger partial charge in [-0.15, -0.1) is 0 Å². The highest BCUT2D eigenvalue weighted by atomic mass is 35.5. The van der Waals surface area contributed by atoms with Crippen LogP contribution in [0.3, 0.4) is 0 Å². The van der Waals surface area contributed by atoms with Crippen molar-refractivity contribution in [3.63, 3.8) is 0 Å². The molecule has 0 atom stereocenters. The number of carbonyl (C=O) groups excluding carboxylic acids is 1. The SMILES string of the molecule is CNCc1ccc(Oc2ccc(Cl)cc2C(N)=O)cc1. The zero-order chi connectivity index (χ0) is 14.5. The van der Waals surface area contributed by atoms with Crippen LogP contribution in [-0.2, 0) is 6.54 Å². The maximum Gasteiger partial charge on any atom is 0.252 e. The number of halogens is 1. The predicted octanol–water partition coefficient (Wildman–Crippen LogP) is 2.95. The molecule has 0 aliphatic rings. The van der Waals surface area contributed by atoms with Crippen molar-refractivity contribution in [3.8, 4) is 11.5 Å². The second kappa shape index (κ2) is 6.41. The number of nitrogens with two attached hydrogens (primary N) is 1. The van der Waals surface area contributed by atoms with Gasteiger partial charge in [-0.3, -0.25) is 4.79 Å². The third kappa shape index (κ3) is 3.50. The van der Waals surface area contributed by atoms with Gasteiger partial charge in [0.1, 0.15) is 11.5 Å². The molecule has 3 N–H and O–H groups in total. The molecule has 0 saturated heterocycles. The van der Waals surface area contributed by atoms with E-state index < -0.39 is 5.91 Å². The van der Waals surface area contributed by atoms with E-state index in [1.807, 2.05) is 31.3 Å². The molecule has 1 amide bonds. The van der Waals surface area contributed by atoms with Crippen molar-refractivity contribution < 1.29 is 9.53 Å². The molecule has 0 saturated carbocycles. The van der Waals surface area contributed by atoms with Crippen LogP contribution < -0.4 is 15.8 Å². The fraction of sp³-hybridized carbons (Fsp3) is 0.133. The van der Waals surface area contributed by atoms with Crippen molar-refractivity contribution in [1.82, 2.24) is 5.32 Å². The number of rotatable bonds is 5. The molecule has 0 bridgehead atoms. The van der Waals surface area contributed by atoms with E-state index in [0.29, 0.717) is 16.5 Å². The Morgan fingerprint density at radius 2 is 1.95 bits per heavy atom. The van der Waals surface area contributed by atoms with Gasteiger partial charge >= 0.3 is 0 Å². The van der Waals surface area contributed by atoms with Crippen LogP contribution in [0.4, 0.5) is 0 Å². The number of hydrogen-bond donors (Lipinski definition) is 2. The Kier molecular flexibility index (Phi) is 4.61. The van der Waals surface area contributed by atoms with E-state index in [1.54, 1.807) is 12.1 Å². The first-order chi connectivity index (χ1) is 9.60. The van der Waals surface area contributed by atoms with Gasteiger partial charge in [-0.25, -0.2) is 0 Å². The van der Waals surface area contributed by atoms with Crippen LogP contribution in [0.25, 0.3) is 0 Å². The van der Waals surface area contributed by atoms with E-state index in [0.717, 1.165) is 12.1 Å². The minimum Gasteiger partial charge on any atom is -0.457 e. The second-order valence-corrected chi connectivity index (χ2v) is 4.72. The molecule has 20 heavy (non-hydrogen) atoms. The fourth-order valence-corrected chi connectivity index (χ4v) is 1.96. The molecule has 0 spiro atoms. The van der Waals surface area contributed by atoms with Crippen molar-refractivity contribution in [2.75, 3.05) is 7.05 Å². The Morgan fingerprint density at radius 1 is 1.25 bits per heavy atom. The first kappa shape index (κ1) is 14.4. The van der Waals surface area contributed by atoms with Crippen molar-refractivity contribution in [3.05, 3.63) is 58.6 Å². The molecule has 0 aliphatic carbocycles. The summed E-state index contributed by atoms with van der Waals surface area (Å²) in [4.78, 5) is 11.4. The topological polar surface area (TPSA) is 64.3 Å². The molecule has 0 fully saturated rings. The second-order valence-electron chi connectivity index (χ2n) is 4.28. The molecule has 2 aromatic carbocycles. The standard InChI is InChI=1S/C15H15ClN2O2/c1-18-9-10-2-5-12(6-3-10)20-14-7-4-11(16)8-13(14)15(17)19/h2-8,18H,9H2,1H3,(H2,17,19). The summed E-state index contributed by atoms with van der Waals surface area (Å²) in [5.74, 6) is 0.451. The average molecular weight is 291 g/mol. The average Bonchev–Trinajstić information content (AvgIpc) is 2.43. The van der Waals surface area contributed by atoms with E-state index in [9.17, 15) is 4.79 Å². The van der Waals surface area contributed by atoms with Crippen LogP contribution >= 0.6 is 11.6 Å². The number of ether oxygens (including phenoxy) is 1. The summed E-state index contributed by atoms with van der Waals surface area (Å²) in [6.45, 7) is 0.785. The Labute approximate surface area is 122 Å². The smallest absolute Gasteiger partial charge is 0.252 e. The number of carbonyl (C=O) groups is 1. The summed E-state index contributed by atoms with van der Waals surface area (Å²) in [6.07, 6.45) is 0. The number of benzene rings is 2. The Hall–Kier alpha value is -2.04. The normalized spacial score (nSPS) is 10.3. The molecule has 0 radical (unpaired) electrons. The summed E-state index contributed by atoms with van der Waals surface area (Å²) in [7, 11) is 1.89. The van der Waals surface area contributed by atoms with Gasteiger partial charge < -0.3 is 15.8 Å². The predicted molar refractivity (Wildman–Crippen MR) is 79.2 cm³/mol. The van der Waals surface area contributed by atoms with Crippen LogP contribution in [0.15, 0.2) is 42.5 Å². The third-order valence-corrected chi connectivity index (χ3v) is 2.97. The van der Waals surface area contributed by atoms with E-state index in [-0.39, 0.29) is 5.56 Å². The third-order valence-electron chi connectivity index (χ3n) is 2.74. The monoisotopic (exact) mass is 290 g/mol. The van der Waals surface area contributed by atoms with Crippen LogP contribution in [0.1, 0.15) is 15.9 Å². The quantitative estimate of drug-likeness (QED) is 0.890. The molecule has 0 aliphatic heterocycles. The van der Waals surface area contributed by atoms with Gasteiger partial charge in [0.2, 0.25) is 0 Å². The molecule has 0 aromatic heterocycles. The Morgan fingerprint density at radius 3 is 2.55 bits per heavy atom. The van der Waals surface area contributed by atoms with Crippen LogP contribution in [0.2, 0.25) is 5.02 Å². The Balaban J connectivity index is 2.23. The number of hydrogen-bond acceptors (Lipinski definition) is 3. The molecule has 5 heteroatoms. The number of amides is 1. The van der Waals surface area contributed by atoms with Gasteiger partial charge in [0.25, 0.3) is 5.91 Å². The van der Waals surface area contributed by atoms with Crippen molar-refractivity contribution in [2.45, 2.75) is 6.54 Å². The molecular weight excluding hydrogens is 276 g/mol. The van der Waals surface area contributed by atoms with Crippen LogP contribution in [0, 0.1) is 0 Å². The first-order valence-corrected chi connectivity index (χ1v) is 6.48. The van der Waals surface area contributed by atoms with E-state index in [1.165, 1.54) is 6.07 Å². The largest absolute Gasteiger partial charge is 0.457 e. The zero-order valence-electron chi connectivity index (χ0n) is 11.0. The van der Waals surface area contributed by atoms with Gasteiger partial charge in [0, 0.05) is 11.6 Å². The summed E-state index contributed by atoms with van der Waals surface area (Å²) in [5.41, 5.74) is 6.72. The summed E-state index contributed by atoms with van der Waals surface area (Å²) >= 11 is 5.85. The minimum absolute atomic E-state index is 0.261. The molecule has 0 heterocycles. The minimum atomic E-state index is -0.575. The molecule has 0 unspecified atom stereocenters. The van der Waals surface area contributed by atoms with Crippen molar-refractivity contribution in [1.29, 1.82) is 0 Å². The lowest BCUT2D eigenvalue weighted by molar-refractivity contribution is 0.0998. The van der Waals surface area contributed by atoms with E-state index in [4.69, 9.17) is 22.1 Å². The van der Waals surface area contributed by atoms with Crippen LogP contribution in [-0.4, -0.2) is 13.0 Å². The zero-order valence-corrected chi connectivity index (χ0v) is 11.8. The first-order valence-electron chi connectivity index (χ1n) is 6.11. The van der Waals surface area contributed by atoms with Gasteiger partial charge in [0.05, 0.1) is 5.56 Å². The fourth-order valence-electron chi connectivity index (χ4n) is 1.79.